The van der Waals surface area contributed by atoms with Crippen molar-refractivity contribution < 1.29 is 4.79 Å². The van der Waals surface area contributed by atoms with Gasteiger partial charge in [0.25, 0.3) is 0 Å². The first kappa shape index (κ1) is 12.4. The normalized spacial score (nSPS) is 10.5. The van der Waals surface area contributed by atoms with Gasteiger partial charge in [-0.3, -0.25) is 9.80 Å². The third kappa shape index (κ3) is 4.85. The molecule has 4 nitrogen and oxygen atoms in total. The van der Waals surface area contributed by atoms with Gasteiger partial charge in [-0.05, 0) is 20.3 Å². The van der Waals surface area contributed by atoms with Crippen LogP contribution in [0.25, 0.3) is 0 Å². The van der Waals surface area contributed by atoms with Crippen LogP contribution in [0.2, 0.25) is 0 Å². The van der Waals surface area contributed by atoms with Gasteiger partial charge in [-0.25, -0.2) is 5.43 Å². The van der Waals surface area contributed by atoms with Crippen LogP contribution in [0, 0.1) is 0 Å². The molecule has 0 fully saturated rings. The van der Waals surface area contributed by atoms with Crippen molar-refractivity contribution >= 4 is 5.91 Å². The predicted octanol–water partition coefficient (Wildman–Crippen LogP) is 0.487. The lowest BCUT2D eigenvalue weighted by Crippen LogP contribution is -2.48. The number of carbonyl (C=O) groups excluding carboxylic acids is 1. The number of hydrogen-bond donors (Lipinski definition) is 2. The molecule has 0 saturated carbocycles. The van der Waals surface area contributed by atoms with Crippen molar-refractivity contribution in [1.82, 2.24) is 10.4 Å². The molecular weight excluding hydrogens is 166 g/mol. The Labute approximate surface area is 80.4 Å². The second-order valence-electron chi connectivity index (χ2n) is 3.30. The van der Waals surface area contributed by atoms with Gasteiger partial charge in [0.2, 0.25) is 5.91 Å². The number of nitrogens with one attached hydrogen (secondary N) is 1. The fourth-order valence-corrected chi connectivity index (χ4v) is 1.03. The van der Waals surface area contributed by atoms with E-state index in [1.807, 2.05) is 13.8 Å². The fraction of sp³-hybridized carbons (Fsp3) is 0.889. The number of rotatable bonds is 6. The van der Waals surface area contributed by atoms with E-state index in [9.17, 15) is 4.79 Å². The average Bonchev–Trinajstić information content (AvgIpc) is 2.05. The largest absolute Gasteiger partial charge is 0.330 e. The summed E-state index contributed by atoms with van der Waals surface area (Å²) >= 11 is 0. The summed E-state index contributed by atoms with van der Waals surface area (Å²) in [4.78, 5) is 11.5. The number of amides is 1. The summed E-state index contributed by atoms with van der Waals surface area (Å²) in [5.74, 6) is 0.0750. The molecule has 1 amide bonds. The van der Waals surface area contributed by atoms with Crippen molar-refractivity contribution in [2.24, 2.45) is 5.73 Å². The minimum Gasteiger partial charge on any atom is -0.330 e. The summed E-state index contributed by atoms with van der Waals surface area (Å²) in [5.41, 5.74) is 8.40. The molecule has 0 unspecified atom stereocenters. The molecule has 13 heavy (non-hydrogen) atoms. The first-order valence-electron chi connectivity index (χ1n) is 4.89. The molecule has 0 aliphatic heterocycles. The molecule has 4 heteroatoms. The Balaban J connectivity index is 3.99. The smallest absolute Gasteiger partial charge is 0.238 e. The van der Waals surface area contributed by atoms with Gasteiger partial charge in [-0.2, -0.15) is 0 Å². The van der Waals surface area contributed by atoms with E-state index < -0.39 is 0 Å². The molecular formula is C9H21N3O. The summed E-state index contributed by atoms with van der Waals surface area (Å²) in [6.45, 7) is 7.28. The highest BCUT2D eigenvalue weighted by Crippen LogP contribution is 1.97. The van der Waals surface area contributed by atoms with E-state index in [1.165, 1.54) is 0 Å². The third-order valence-electron chi connectivity index (χ3n) is 1.68. The maximum Gasteiger partial charge on any atom is 0.238 e. The first-order valence-corrected chi connectivity index (χ1v) is 4.89. The molecule has 0 saturated heterocycles. The van der Waals surface area contributed by atoms with Crippen molar-refractivity contribution in [2.45, 2.75) is 39.7 Å². The van der Waals surface area contributed by atoms with Crippen LogP contribution in [0.5, 0.6) is 0 Å². The average molecular weight is 187 g/mol. The van der Waals surface area contributed by atoms with Gasteiger partial charge in [-0.1, -0.05) is 6.92 Å². The first-order chi connectivity index (χ1) is 6.13. The van der Waals surface area contributed by atoms with Crippen LogP contribution in [0.4, 0.5) is 0 Å². The van der Waals surface area contributed by atoms with Crippen molar-refractivity contribution in [3.8, 4) is 0 Å². The molecule has 0 aliphatic rings. The van der Waals surface area contributed by atoms with E-state index in [-0.39, 0.29) is 11.9 Å². The second kappa shape index (κ2) is 6.86. The van der Waals surface area contributed by atoms with Crippen LogP contribution in [0.15, 0.2) is 0 Å². The lowest BCUT2D eigenvalue weighted by atomic mass is 10.3. The summed E-state index contributed by atoms with van der Waals surface area (Å²) in [6, 6.07) is 0.186. The fourth-order valence-electron chi connectivity index (χ4n) is 1.03. The quantitative estimate of drug-likeness (QED) is 0.595. The van der Waals surface area contributed by atoms with Gasteiger partial charge in [0.15, 0.2) is 0 Å². The third-order valence-corrected chi connectivity index (χ3v) is 1.68. The van der Waals surface area contributed by atoms with Gasteiger partial charge in [0, 0.05) is 25.6 Å². The van der Waals surface area contributed by atoms with Crippen LogP contribution in [-0.2, 0) is 4.79 Å². The molecule has 0 bridgehead atoms. The molecule has 0 aliphatic carbocycles. The summed E-state index contributed by atoms with van der Waals surface area (Å²) < 4.78 is 0. The number of nitrogens with zero attached hydrogens (tertiary/aromatic N) is 1. The van der Waals surface area contributed by atoms with Gasteiger partial charge in [-0.15, -0.1) is 0 Å². The van der Waals surface area contributed by atoms with Crippen LogP contribution < -0.4 is 11.2 Å². The van der Waals surface area contributed by atoms with E-state index >= 15 is 0 Å². The Bertz CT molecular complexity index is 148. The zero-order valence-electron chi connectivity index (χ0n) is 8.84. The van der Waals surface area contributed by atoms with Crippen LogP contribution >= 0.6 is 0 Å². The lowest BCUT2D eigenvalue weighted by molar-refractivity contribution is -0.136. The predicted molar refractivity (Wildman–Crippen MR) is 53.9 cm³/mol. The number of hydrazine groups is 1. The van der Waals surface area contributed by atoms with Crippen molar-refractivity contribution in [1.29, 1.82) is 0 Å². The highest BCUT2D eigenvalue weighted by atomic mass is 16.2. The van der Waals surface area contributed by atoms with Crippen molar-refractivity contribution in [2.75, 3.05) is 13.1 Å². The Hall–Kier alpha value is -0.610. The lowest BCUT2D eigenvalue weighted by Gasteiger charge is -2.27. The van der Waals surface area contributed by atoms with Crippen LogP contribution in [-0.4, -0.2) is 30.0 Å². The van der Waals surface area contributed by atoms with Crippen molar-refractivity contribution in [3.05, 3.63) is 0 Å². The Kier molecular flexibility index (Phi) is 6.54. The highest BCUT2D eigenvalue weighted by Gasteiger charge is 2.14. The van der Waals surface area contributed by atoms with Gasteiger partial charge in [0.05, 0.1) is 0 Å². The van der Waals surface area contributed by atoms with Crippen LogP contribution in [0.1, 0.15) is 33.6 Å². The summed E-state index contributed by atoms with van der Waals surface area (Å²) in [5, 5.41) is 1.66. The molecule has 0 aromatic heterocycles. The second-order valence-corrected chi connectivity index (χ2v) is 3.30. The van der Waals surface area contributed by atoms with E-state index in [0.29, 0.717) is 13.0 Å². The molecule has 0 radical (unpaired) electrons. The van der Waals surface area contributed by atoms with Gasteiger partial charge in [0.1, 0.15) is 0 Å². The summed E-state index contributed by atoms with van der Waals surface area (Å²) in [7, 11) is 0. The van der Waals surface area contributed by atoms with E-state index in [4.69, 9.17) is 5.73 Å². The molecule has 0 spiro atoms. The van der Waals surface area contributed by atoms with Gasteiger partial charge < -0.3 is 5.73 Å². The standard InChI is InChI=1S/C9H21N3O/c1-4-7-11-12(8(2)3)9(13)5-6-10/h8,11H,4-7,10H2,1-3H3. The molecule has 0 heterocycles. The monoisotopic (exact) mass is 187 g/mol. The van der Waals surface area contributed by atoms with Crippen molar-refractivity contribution in [3.63, 3.8) is 0 Å². The van der Waals surface area contributed by atoms with E-state index in [0.717, 1.165) is 13.0 Å². The minimum atomic E-state index is 0.0750. The maximum absolute atomic E-state index is 11.5. The number of carbonyl (C=O) groups is 1. The topological polar surface area (TPSA) is 58.4 Å². The Morgan fingerprint density at radius 2 is 2.15 bits per heavy atom. The SMILES string of the molecule is CCCNN(C(=O)CCN)C(C)C. The van der Waals surface area contributed by atoms with Gasteiger partial charge >= 0.3 is 0 Å². The minimum absolute atomic E-state index is 0.0750. The molecule has 78 valence electrons. The van der Waals surface area contributed by atoms with E-state index in [2.05, 4.69) is 12.3 Å². The molecule has 0 atom stereocenters. The zero-order chi connectivity index (χ0) is 10.3. The number of hydrogen-bond acceptors (Lipinski definition) is 3. The molecule has 0 aromatic carbocycles. The highest BCUT2D eigenvalue weighted by molar-refractivity contribution is 5.76. The van der Waals surface area contributed by atoms with E-state index in [1.54, 1.807) is 5.01 Å². The molecule has 0 rings (SSSR count). The summed E-state index contributed by atoms with van der Waals surface area (Å²) in [6.07, 6.45) is 1.42. The molecule has 0 aromatic rings. The zero-order valence-corrected chi connectivity index (χ0v) is 8.84. The Morgan fingerprint density at radius 1 is 1.54 bits per heavy atom. The van der Waals surface area contributed by atoms with Crippen LogP contribution in [0.3, 0.4) is 0 Å². The maximum atomic E-state index is 11.5. The number of nitrogens with two attached hydrogens (primary N) is 1. The molecule has 3 N–H and O–H groups in total. The Morgan fingerprint density at radius 3 is 2.54 bits per heavy atom.